The van der Waals surface area contributed by atoms with E-state index in [1.807, 2.05) is 24.7 Å². The number of hydrogen-bond acceptors (Lipinski definition) is 2. The summed E-state index contributed by atoms with van der Waals surface area (Å²) >= 11 is 0. The van der Waals surface area contributed by atoms with E-state index in [0.29, 0.717) is 0 Å². The second-order valence-electron chi connectivity index (χ2n) is 14.2. The van der Waals surface area contributed by atoms with Gasteiger partial charge in [0.15, 0.2) is 0 Å². The van der Waals surface area contributed by atoms with Gasteiger partial charge in [0.05, 0.1) is 12.5 Å². The average molecular weight is 488 g/mol. The van der Waals surface area contributed by atoms with E-state index in [2.05, 4.69) is 107 Å². The molecule has 0 aliphatic carbocycles. The van der Waals surface area contributed by atoms with Crippen molar-refractivity contribution in [3.63, 3.8) is 0 Å². The van der Waals surface area contributed by atoms with Gasteiger partial charge in [0, 0.05) is 22.9 Å². The third-order valence-electron chi connectivity index (χ3n) is 6.69. The molecule has 0 radical (unpaired) electrons. The van der Waals surface area contributed by atoms with Crippen LogP contribution in [0.3, 0.4) is 0 Å². The third kappa shape index (κ3) is 5.94. The van der Waals surface area contributed by atoms with Crippen molar-refractivity contribution in [2.24, 2.45) is 10.8 Å². The average Bonchev–Trinajstić information content (AvgIpc) is 3.13. The first-order chi connectivity index (χ1) is 16.3. The van der Waals surface area contributed by atoms with Crippen LogP contribution in [0.1, 0.15) is 94.2 Å². The molecule has 0 fully saturated rings. The Kier molecular flexibility index (Phi) is 7.13. The monoisotopic (exact) mass is 487 g/mol. The Bertz CT molecular complexity index is 1230. The van der Waals surface area contributed by atoms with Crippen LogP contribution in [-0.2, 0) is 20.4 Å². The van der Waals surface area contributed by atoms with Crippen LogP contribution in [0.5, 0.6) is 0 Å². The van der Waals surface area contributed by atoms with E-state index in [1.165, 1.54) is 33.1 Å². The van der Waals surface area contributed by atoms with Crippen molar-refractivity contribution in [1.82, 2.24) is 5.32 Å². The molecule has 1 amide bonds. The largest absolute Gasteiger partial charge is 0.472 e. The number of carbonyl (C=O) groups is 1. The molecule has 0 bridgehead atoms. The van der Waals surface area contributed by atoms with Gasteiger partial charge in [-0.15, -0.1) is 0 Å². The van der Waals surface area contributed by atoms with Crippen LogP contribution in [0.2, 0.25) is 0 Å². The number of benzene rings is 1. The Labute approximate surface area is 218 Å². The fourth-order valence-corrected chi connectivity index (χ4v) is 4.69. The number of rotatable bonds is 1. The zero-order chi connectivity index (χ0) is 27.3. The molecule has 0 saturated heterocycles. The van der Waals surface area contributed by atoms with E-state index in [-0.39, 0.29) is 27.6 Å². The first-order valence-electron chi connectivity index (χ1n) is 13.0. The fourth-order valence-electron chi connectivity index (χ4n) is 4.69. The minimum atomic E-state index is -0.0922. The van der Waals surface area contributed by atoms with Crippen LogP contribution >= 0.6 is 0 Å². The number of amides is 1. The smallest absolute Gasteiger partial charge is 0.248 e. The molecule has 0 saturated carbocycles. The zero-order valence-corrected chi connectivity index (χ0v) is 24.4. The first-order valence-corrected chi connectivity index (χ1v) is 13.0. The molecule has 1 N–H and O–H groups in total. The summed E-state index contributed by atoms with van der Waals surface area (Å²) < 4.78 is 5.98. The maximum absolute atomic E-state index is 11.6. The number of hydrogen-bond donors (Lipinski definition) is 1. The zero-order valence-electron chi connectivity index (χ0n) is 24.4. The maximum atomic E-state index is 11.6. The fraction of sp³-hybridized carbons (Fsp3) is 0.485. The molecule has 2 aliphatic heterocycles. The van der Waals surface area contributed by atoms with Crippen molar-refractivity contribution in [3.8, 4) is 0 Å². The van der Waals surface area contributed by atoms with E-state index in [1.54, 1.807) is 6.08 Å². The summed E-state index contributed by atoms with van der Waals surface area (Å²) in [6.07, 6.45) is 11.4. The van der Waals surface area contributed by atoms with Gasteiger partial charge in [-0.1, -0.05) is 101 Å². The standard InChI is InChI=1S/C33H45NO2/c1-30(2,3)23-17-21(13-14-22-15-16-27(35)34-22)18-24(31(4,5)6)28(23)29-25(32(7,8)9)19-36-20-26(29)33(10,11)12/h13-20H,1-12H3,(H,34,35)/b22-14+. The van der Waals surface area contributed by atoms with Crippen LogP contribution < -0.4 is 15.8 Å². The summed E-state index contributed by atoms with van der Waals surface area (Å²) in [7, 11) is 0. The normalized spacial score (nSPS) is 18.2. The van der Waals surface area contributed by atoms with Gasteiger partial charge in [-0.25, -0.2) is 0 Å². The van der Waals surface area contributed by atoms with E-state index < -0.39 is 0 Å². The van der Waals surface area contributed by atoms with E-state index in [4.69, 9.17) is 4.74 Å². The highest BCUT2D eigenvalue weighted by Gasteiger charge is 2.35. The van der Waals surface area contributed by atoms with Gasteiger partial charge in [-0.3, -0.25) is 4.79 Å². The summed E-state index contributed by atoms with van der Waals surface area (Å²) in [6.45, 7) is 27.3. The summed E-state index contributed by atoms with van der Waals surface area (Å²) in [5, 5.41) is 5.32. The lowest BCUT2D eigenvalue weighted by atomic mass is 9.69. The topological polar surface area (TPSA) is 38.3 Å². The minimum absolute atomic E-state index is 0.0744. The molecular formula is C33H45NO2. The van der Waals surface area contributed by atoms with Crippen LogP contribution in [-0.4, -0.2) is 5.91 Å². The van der Waals surface area contributed by atoms with Crippen LogP contribution in [0.15, 0.2) is 59.7 Å². The van der Waals surface area contributed by atoms with Crippen molar-refractivity contribution >= 4 is 17.6 Å². The molecule has 36 heavy (non-hydrogen) atoms. The number of ether oxygens (including phenoxy) is 1. The van der Waals surface area contributed by atoms with Crippen LogP contribution in [0.25, 0.3) is 11.6 Å². The molecule has 0 spiro atoms. The summed E-state index contributed by atoms with van der Waals surface area (Å²) in [5.74, 6) is -0.0744. The number of allylic oxidation sites excluding steroid dienone is 4. The highest BCUT2D eigenvalue weighted by Crippen LogP contribution is 2.44. The molecule has 194 valence electrons. The quantitative estimate of drug-likeness (QED) is 0.480. The summed E-state index contributed by atoms with van der Waals surface area (Å²) in [4.78, 5) is 11.6. The van der Waals surface area contributed by atoms with Crippen LogP contribution in [0.4, 0.5) is 0 Å². The summed E-state index contributed by atoms with van der Waals surface area (Å²) in [6, 6.07) is 4.65. The molecule has 1 aromatic carbocycles. The Morgan fingerprint density at radius 1 is 0.667 bits per heavy atom. The van der Waals surface area contributed by atoms with E-state index in [9.17, 15) is 4.79 Å². The highest BCUT2D eigenvalue weighted by atomic mass is 16.5. The Morgan fingerprint density at radius 2 is 1.14 bits per heavy atom. The van der Waals surface area contributed by atoms with Gasteiger partial charge in [-0.05, 0) is 60.9 Å². The molecule has 0 aromatic heterocycles. The Hall–Kier alpha value is -2.81. The molecule has 3 heteroatoms. The predicted molar refractivity (Wildman–Crippen MR) is 152 cm³/mol. The molecule has 0 atom stereocenters. The second kappa shape index (κ2) is 9.25. The minimum Gasteiger partial charge on any atom is -0.472 e. The van der Waals surface area contributed by atoms with Crippen LogP contribution in [0, 0.1) is 10.8 Å². The Balaban J connectivity index is 2.57. The van der Waals surface area contributed by atoms with Gasteiger partial charge in [-0.2, -0.15) is 0 Å². The van der Waals surface area contributed by atoms with Crippen molar-refractivity contribution in [3.05, 3.63) is 81.3 Å². The van der Waals surface area contributed by atoms with Crippen molar-refractivity contribution in [1.29, 1.82) is 0 Å². The van der Waals surface area contributed by atoms with Crippen molar-refractivity contribution < 1.29 is 9.53 Å². The molecule has 2 heterocycles. The SMILES string of the molecule is CC(C)(C)C1=COC=C(C(C)(C)C)C1=c1c(C(C)(C)C)cc(=C/C=C2\C=CC(=O)N2)cc1C(C)(C)C. The third-order valence-corrected chi connectivity index (χ3v) is 6.69. The van der Waals surface area contributed by atoms with E-state index >= 15 is 0 Å². The molecule has 0 unspecified atom stereocenters. The molecule has 3 rings (SSSR count). The van der Waals surface area contributed by atoms with Gasteiger partial charge in [0.1, 0.15) is 0 Å². The van der Waals surface area contributed by atoms with Crippen molar-refractivity contribution in [2.75, 3.05) is 0 Å². The van der Waals surface area contributed by atoms with Gasteiger partial charge < -0.3 is 10.1 Å². The van der Waals surface area contributed by atoms with Gasteiger partial charge in [0.25, 0.3) is 0 Å². The summed E-state index contributed by atoms with van der Waals surface area (Å²) in [5.41, 5.74) is 6.82. The Morgan fingerprint density at radius 3 is 1.50 bits per heavy atom. The number of nitrogens with one attached hydrogen (secondary N) is 1. The van der Waals surface area contributed by atoms with Crippen molar-refractivity contribution in [2.45, 2.75) is 93.9 Å². The molecule has 2 aliphatic rings. The molecule has 1 aromatic rings. The van der Waals surface area contributed by atoms with Gasteiger partial charge in [0.2, 0.25) is 5.91 Å². The predicted octanol–water partition coefficient (Wildman–Crippen LogP) is 6.67. The highest BCUT2D eigenvalue weighted by molar-refractivity contribution is 5.93. The maximum Gasteiger partial charge on any atom is 0.248 e. The second-order valence-corrected chi connectivity index (χ2v) is 14.2. The first kappa shape index (κ1) is 27.8. The molecular weight excluding hydrogens is 442 g/mol. The van der Waals surface area contributed by atoms with Gasteiger partial charge >= 0.3 is 0 Å². The van der Waals surface area contributed by atoms with E-state index in [0.717, 1.165) is 10.9 Å². The molecule has 3 nitrogen and oxygen atoms in total. The lowest BCUT2D eigenvalue weighted by Gasteiger charge is -2.37. The number of carbonyl (C=O) groups excluding carboxylic acids is 1. The lowest BCUT2D eigenvalue weighted by molar-refractivity contribution is -0.115. The lowest BCUT2D eigenvalue weighted by Crippen LogP contribution is -2.38.